The summed E-state index contributed by atoms with van der Waals surface area (Å²) in [6.07, 6.45) is 3.10. The zero-order valence-corrected chi connectivity index (χ0v) is 19.9. The van der Waals surface area contributed by atoms with Gasteiger partial charge in [0.25, 0.3) is 11.8 Å². The molecule has 0 saturated heterocycles. The largest absolute Gasteiger partial charge is 0.497 e. The number of methoxy groups -OCH3 is 1. The number of amides is 2. The summed E-state index contributed by atoms with van der Waals surface area (Å²) in [6, 6.07) is 29.0. The van der Waals surface area contributed by atoms with E-state index in [0.717, 1.165) is 0 Å². The molecule has 2 N–H and O–H groups in total. The molecule has 0 aliphatic carbocycles. The first-order valence-corrected chi connectivity index (χ1v) is 11.2. The Morgan fingerprint density at radius 2 is 1.51 bits per heavy atom. The normalized spacial score (nSPS) is 10.5. The van der Waals surface area contributed by atoms with Crippen molar-refractivity contribution < 1.29 is 18.7 Å². The van der Waals surface area contributed by atoms with Gasteiger partial charge < -0.3 is 19.8 Å². The SMILES string of the molecule is COc1ccc(C(=O)N/C(=C\c2ccc(Cl)cc2)C(=O)NCc2ccco2)cc1.c1ccccc1. The number of halogens is 1. The summed E-state index contributed by atoms with van der Waals surface area (Å²) in [7, 11) is 1.55. The van der Waals surface area contributed by atoms with Gasteiger partial charge >= 0.3 is 0 Å². The molecule has 3 aromatic carbocycles. The molecule has 0 bridgehead atoms. The second kappa shape index (κ2) is 13.4. The molecule has 1 aromatic heterocycles. The Morgan fingerprint density at radius 3 is 2.06 bits per heavy atom. The van der Waals surface area contributed by atoms with Gasteiger partial charge in [-0.05, 0) is 60.2 Å². The van der Waals surface area contributed by atoms with E-state index in [-0.39, 0.29) is 12.2 Å². The van der Waals surface area contributed by atoms with E-state index in [1.165, 1.54) is 6.26 Å². The maximum Gasteiger partial charge on any atom is 0.268 e. The second-order valence-corrected chi connectivity index (χ2v) is 7.65. The van der Waals surface area contributed by atoms with Gasteiger partial charge in [-0.1, -0.05) is 60.1 Å². The fraction of sp³-hybridized carbons (Fsp3) is 0.0714. The Kier molecular flexibility index (Phi) is 9.72. The van der Waals surface area contributed by atoms with E-state index < -0.39 is 11.8 Å². The van der Waals surface area contributed by atoms with Crippen LogP contribution in [0.3, 0.4) is 0 Å². The first-order chi connectivity index (χ1) is 17.0. The summed E-state index contributed by atoms with van der Waals surface area (Å²) < 4.78 is 10.3. The molecule has 0 aliphatic heterocycles. The number of ether oxygens (including phenoxy) is 1. The standard InChI is InChI=1S/C22H19ClN2O4.C6H6/c1-28-18-10-6-16(7-11-18)21(26)25-20(13-15-4-8-17(23)9-5-15)22(27)24-14-19-3-2-12-29-19;1-2-4-6-5-3-1/h2-13H,14H2,1H3,(H,24,27)(H,25,26);1-6H/b20-13-;. The maximum atomic E-state index is 12.7. The van der Waals surface area contributed by atoms with Gasteiger partial charge in [0, 0.05) is 10.6 Å². The van der Waals surface area contributed by atoms with Crippen LogP contribution in [0.4, 0.5) is 0 Å². The van der Waals surface area contributed by atoms with E-state index >= 15 is 0 Å². The molecule has 0 spiro atoms. The van der Waals surface area contributed by atoms with Crippen molar-refractivity contribution >= 4 is 29.5 Å². The maximum absolute atomic E-state index is 12.7. The highest BCUT2D eigenvalue weighted by molar-refractivity contribution is 6.30. The first kappa shape index (κ1) is 25.3. The Hall–Kier alpha value is -4.29. The van der Waals surface area contributed by atoms with Gasteiger partial charge in [0.05, 0.1) is 19.9 Å². The van der Waals surface area contributed by atoms with E-state index in [1.54, 1.807) is 73.8 Å². The van der Waals surface area contributed by atoms with Crippen LogP contribution in [-0.4, -0.2) is 18.9 Å². The highest BCUT2D eigenvalue weighted by Gasteiger charge is 2.15. The lowest BCUT2D eigenvalue weighted by Gasteiger charge is -2.11. The van der Waals surface area contributed by atoms with Crippen LogP contribution in [-0.2, 0) is 11.3 Å². The van der Waals surface area contributed by atoms with Gasteiger partial charge in [-0.25, -0.2) is 0 Å². The monoisotopic (exact) mass is 488 g/mol. The minimum absolute atomic E-state index is 0.0969. The lowest BCUT2D eigenvalue weighted by Crippen LogP contribution is -2.34. The minimum Gasteiger partial charge on any atom is -0.497 e. The fourth-order valence-corrected chi connectivity index (χ4v) is 3.01. The molecule has 1 heterocycles. The van der Waals surface area contributed by atoms with Crippen LogP contribution in [0, 0.1) is 0 Å². The predicted molar refractivity (Wildman–Crippen MR) is 137 cm³/mol. The van der Waals surface area contributed by atoms with Crippen molar-refractivity contribution in [2.24, 2.45) is 0 Å². The third-order valence-electron chi connectivity index (χ3n) is 4.70. The number of rotatable bonds is 7. The zero-order chi connectivity index (χ0) is 24.9. The Morgan fingerprint density at radius 1 is 0.886 bits per heavy atom. The molecule has 0 unspecified atom stereocenters. The van der Waals surface area contributed by atoms with Gasteiger partial charge in [-0.3, -0.25) is 9.59 Å². The van der Waals surface area contributed by atoms with Gasteiger partial charge in [0.15, 0.2) is 0 Å². The molecule has 0 aliphatic rings. The summed E-state index contributed by atoms with van der Waals surface area (Å²) in [5.74, 6) is 0.375. The molecular weight excluding hydrogens is 464 g/mol. The average Bonchev–Trinajstić information content (AvgIpc) is 3.43. The lowest BCUT2D eigenvalue weighted by atomic mass is 10.1. The van der Waals surface area contributed by atoms with E-state index in [9.17, 15) is 9.59 Å². The first-order valence-electron chi connectivity index (χ1n) is 10.8. The molecule has 4 rings (SSSR count). The minimum atomic E-state index is -0.446. The van der Waals surface area contributed by atoms with E-state index in [1.807, 2.05) is 36.4 Å². The average molecular weight is 489 g/mol. The molecule has 178 valence electrons. The van der Waals surface area contributed by atoms with Crippen LogP contribution in [0.5, 0.6) is 5.75 Å². The molecule has 0 radical (unpaired) electrons. The third-order valence-corrected chi connectivity index (χ3v) is 4.95. The van der Waals surface area contributed by atoms with Crippen molar-refractivity contribution in [2.45, 2.75) is 6.54 Å². The molecule has 4 aromatic rings. The highest BCUT2D eigenvalue weighted by atomic mass is 35.5. The van der Waals surface area contributed by atoms with Gasteiger partial charge in [-0.15, -0.1) is 0 Å². The van der Waals surface area contributed by atoms with Crippen LogP contribution < -0.4 is 15.4 Å². The van der Waals surface area contributed by atoms with Crippen LogP contribution in [0.15, 0.2) is 113 Å². The highest BCUT2D eigenvalue weighted by Crippen LogP contribution is 2.14. The van der Waals surface area contributed by atoms with Crippen LogP contribution >= 0.6 is 11.6 Å². The fourth-order valence-electron chi connectivity index (χ4n) is 2.88. The summed E-state index contributed by atoms with van der Waals surface area (Å²) in [4.78, 5) is 25.3. The molecule has 6 nitrogen and oxygen atoms in total. The summed E-state index contributed by atoms with van der Waals surface area (Å²) in [5, 5.41) is 5.98. The molecule has 0 saturated carbocycles. The Labute approximate surface area is 209 Å². The van der Waals surface area contributed by atoms with Crippen molar-refractivity contribution in [3.8, 4) is 5.75 Å². The summed E-state index contributed by atoms with van der Waals surface area (Å²) in [5.41, 5.74) is 1.21. The Balaban J connectivity index is 0.000000497. The number of carbonyl (C=O) groups excluding carboxylic acids is 2. The number of benzene rings is 3. The van der Waals surface area contributed by atoms with Crippen molar-refractivity contribution in [3.63, 3.8) is 0 Å². The molecule has 7 heteroatoms. The van der Waals surface area contributed by atoms with Gasteiger partial charge in [-0.2, -0.15) is 0 Å². The molecule has 0 fully saturated rings. The van der Waals surface area contributed by atoms with Crippen molar-refractivity contribution in [1.29, 1.82) is 0 Å². The molecule has 0 atom stereocenters. The van der Waals surface area contributed by atoms with Crippen molar-refractivity contribution in [2.75, 3.05) is 7.11 Å². The third kappa shape index (κ3) is 8.53. The van der Waals surface area contributed by atoms with E-state index in [4.69, 9.17) is 20.8 Å². The number of hydrogen-bond donors (Lipinski definition) is 2. The number of furan rings is 1. The smallest absolute Gasteiger partial charge is 0.268 e. The topological polar surface area (TPSA) is 80.6 Å². The summed E-state index contributed by atoms with van der Waals surface area (Å²) in [6.45, 7) is 0.197. The lowest BCUT2D eigenvalue weighted by molar-refractivity contribution is -0.118. The number of hydrogen-bond acceptors (Lipinski definition) is 4. The van der Waals surface area contributed by atoms with Gasteiger partial charge in [0.2, 0.25) is 0 Å². The summed E-state index contributed by atoms with van der Waals surface area (Å²) >= 11 is 5.92. The van der Waals surface area contributed by atoms with Crippen LogP contribution in [0.2, 0.25) is 5.02 Å². The molecule has 35 heavy (non-hydrogen) atoms. The van der Waals surface area contributed by atoms with Crippen LogP contribution in [0.1, 0.15) is 21.7 Å². The second-order valence-electron chi connectivity index (χ2n) is 7.21. The number of nitrogens with one attached hydrogen (secondary N) is 2. The molecule has 2 amide bonds. The Bertz CT molecular complexity index is 1190. The van der Waals surface area contributed by atoms with Crippen LogP contribution in [0.25, 0.3) is 6.08 Å². The van der Waals surface area contributed by atoms with Crippen molar-refractivity contribution in [1.82, 2.24) is 10.6 Å². The van der Waals surface area contributed by atoms with Gasteiger partial charge in [0.1, 0.15) is 17.2 Å². The number of carbonyl (C=O) groups is 2. The van der Waals surface area contributed by atoms with E-state index in [0.29, 0.717) is 27.7 Å². The van der Waals surface area contributed by atoms with Crippen molar-refractivity contribution in [3.05, 3.63) is 131 Å². The van der Waals surface area contributed by atoms with E-state index in [2.05, 4.69) is 10.6 Å². The zero-order valence-electron chi connectivity index (χ0n) is 19.1. The predicted octanol–water partition coefficient (Wildman–Crippen LogP) is 5.72. The quantitative estimate of drug-likeness (QED) is 0.326. The molecular formula is C28H25ClN2O4.